The van der Waals surface area contributed by atoms with Crippen LogP contribution in [0.2, 0.25) is 0 Å². The number of ether oxygens (including phenoxy) is 2. The van der Waals surface area contributed by atoms with Gasteiger partial charge in [0.2, 0.25) is 5.82 Å². The van der Waals surface area contributed by atoms with Gasteiger partial charge in [0.15, 0.2) is 5.67 Å². The summed E-state index contributed by atoms with van der Waals surface area (Å²) in [6.07, 6.45) is 3.49. The number of aromatic nitrogens is 6. The van der Waals surface area contributed by atoms with Gasteiger partial charge >= 0.3 is 0 Å². The molecule has 1 aliphatic heterocycles. The molecular formula is C24H25FN6O2. The van der Waals surface area contributed by atoms with Gasteiger partial charge < -0.3 is 14.0 Å². The summed E-state index contributed by atoms with van der Waals surface area (Å²) in [6, 6.07) is 12.4. The smallest absolute Gasteiger partial charge is 0.211 e. The van der Waals surface area contributed by atoms with Gasteiger partial charge in [-0.25, -0.2) is 9.37 Å². The quantitative estimate of drug-likeness (QED) is 0.499. The fourth-order valence-corrected chi connectivity index (χ4v) is 4.90. The zero-order valence-corrected chi connectivity index (χ0v) is 18.4. The summed E-state index contributed by atoms with van der Waals surface area (Å²) in [6.45, 7) is 0.762. The summed E-state index contributed by atoms with van der Waals surface area (Å²) >= 11 is 0. The Morgan fingerprint density at radius 1 is 1.21 bits per heavy atom. The van der Waals surface area contributed by atoms with Crippen molar-refractivity contribution in [2.45, 2.75) is 50.3 Å². The average Bonchev–Trinajstić information content (AvgIpc) is 3.57. The Morgan fingerprint density at radius 3 is 2.91 bits per heavy atom. The van der Waals surface area contributed by atoms with E-state index in [9.17, 15) is 0 Å². The van der Waals surface area contributed by atoms with E-state index in [1.165, 1.54) is 11.1 Å². The zero-order valence-electron chi connectivity index (χ0n) is 18.4. The second-order valence-electron chi connectivity index (χ2n) is 8.97. The minimum atomic E-state index is -1.53. The minimum absolute atomic E-state index is 0.0483. The Kier molecular flexibility index (Phi) is 4.78. The van der Waals surface area contributed by atoms with Gasteiger partial charge in [0, 0.05) is 26.0 Å². The first kappa shape index (κ1) is 20.1. The fraction of sp³-hybridized carbons (Fsp3) is 0.417. The van der Waals surface area contributed by atoms with Crippen LogP contribution in [-0.4, -0.2) is 42.9 Å². The second kappa shape index (κ2) is 7.83. The second-order valence-corrected chi connectivity index (χ2v) is 8.97. The van der Waals surface area contributed by atoms with Crippen molar-refractivity contribution in [3.05, 3.63) is 59.2 Å². The van der Waals surface area contributed by atoms with E-state index < -0.39 is 5.67 Å². The van der Waals surface area contributed by atoms with Crippen molar-refractivity contribution in [1.29, 1.82) is 0 Å². The summed E-state index contributed by atoms with van der Waals surface area (Å²) in [5.41, 5.74) is 2.87. The zero-order chi connectivity index (χ0) is 22.4. The molecule has 2 aromatic carbocycles. The monoisotopic (exact) mass is 448 g/mol. The number of benzene rings is 2. The third kappa shape index (κ3) is 3.71. The van der Waals surface area contributed by atoms with E-state index in [4.69, 9.17) is 14.5 Å². The van der Waals surface area contributed by atoms with Crippen LogP contribution in [0.1, 0.15) is 48.5 Å². The lowest BCUT2D eigenvalue weighted by Gasteiger charge is -2.31. The van der Waals surface area contributed by atoms with Gasteiger partial charge in [-0.15, -0.1) is 10.2 Å². The summed E-state index contributed by atoms with van der Waals surface area (Å²) in [5.74, 6) is 2.87. The highest BCUT2D eigenvalue weighted by atomic mass is 19.1. The van der Waals surface area contributed by atoms with Crippen molar-refractivity contribution in [3.8, 4) is 11.5 Å². The van der Waals surface area contributed by atoms with E-state index in [-0.39, 0.29) is 11.9 Å². The summed E-state index contributed by atoms with van der Waals surface area (Å²) in [4.78, 5) is 4.87. The number of fused-ring (bicyclic) bond motifs is 2. The predicted molar refractivity (Wildman–Crippen MR) is 119 cm³/mol. The highest BCUT2D eigenvalue weighted by Gasteiger charge is 2.41. The molecule has 33 heavy (non-hydrogen) atoms. The van der Waals surface area contributed by atoms with Crippen LogP contribution < -0.4 is 9.47 Å². The Bertz CT molecular complexity index is 1290. The topological polar surface area (TPSA) is 90.7 Å². The maximum Gasteiger partial charge on any atom is 0.211 e. The molecule has 0 amide bonds. The Labute approximate surface area is 190 Å². The van der Waals surface area contributed by atoms with Crippen molar-refractivity contribution in [1.82, 2.24) is 30.2 Å². The van der Waals surface area contributed by atoms with E-state index in [0.717, 1.165) is 47.8 Å². The number of nitrogens with zero attached hydrogens (tertiary/aromatic N) is 5. The number of hydrogen-bond acceptors (Lipinski definition) is 6. The van der Waals surface area contributed by atoms with E-state index in [2.05, 4.69) is 43.4 Å². The lowest BCUT2D eigenvalue weighted by atomic mass is 9.84. The van der Waals surface area contributed by atoms with Gasteiger partial charge in [0.05, 0.1) is 23.7 Å². The maximum absolute atomic E-state index is 15.1. The molecule has 0 bridgehead atoms. The maximum atomic E-state index is 15.1. The SMILES string of the molecule is Cn1c(Cc2ccc3c(c2)OCC3)nc2cc(OC3CCC(F)(c4nn[nH]n4)CC3)ccc21. The molecule has 9 heteroatoms. The van der Waals surface area contributed by atoms with Crippen molar-refractivity contribution in [2.24, 2.45) is 7.05 Å². The molecule has 3 heterocycles. The van der Waals surface area contributed by atoms with Crippen LogP contribution in [0.3, 0.4) is 0 Å². The largest absolute Gasteiger partial charge is 0.493 e. The molecule has 170 valence electrons. The van der Waals surface area contributed by atoms with Crippen LogP contribution >= 0.6 is 0 Å². The molecule has 0 unspecified atom stereocenters. The third-order valence-corrected chi connectivity index (χ3v) is 6.84. The van der Waals surface area contributed by atoms with Crippen LogP contribution in [0.4, 0.5) is 4.39 Å². The predicted octanol–water partition coefficient (Wildman–Crippen LogP) is 3.80. The number of halogens is 1. The summed E-state index contributed by atoms with van der Waals surface area (Å²) in [7, 11) is 2.04. The van der Waals surface area contributed by atoms with Gasteiger partial charge in [-0.05, 0) is 55.0 Å². The molecule has 8 nitrogen and oxygen atoms in total. The Hall–Kier alpha value is -3.49. The van der Waals surface area contributed by atoms with E-state index in [0.29, 0.717) is 25.7 Å². The molecule has 1 saturated carbocycles. The van der Waals surface area contributed by atoms with Crippen molar-refractivity contribution < 1.29 is 13.9 Å². The molecule has 2 aromatic heterocycles. The Balaban J connectivity index is 1.16. The molecule has 1 fully saturated rings. The number of tetrazole rings is 1. The normalized spacial score (nSPS) is 22.3. The first-order valence-corrected chi connectivity index (χ1v) is 11.4. The van der Waals surface area contributed by atoms with Crippen molar-refractivity contribution in [3.63, 3.8) is 0 Å². The molecule has 0 spiro atoms. The third-order valence-electron chi connectivity index (χ3n) is 6.84. The van der Waals surface area contributed by atoms with Crippen LogP contribution in [0.5, 0.6) is 11.5 Å². The number of H-pyrrole nitrogens is 1. The number of aryl methyl sites for hydroxylation is 1. The first-order valence-electron chi connectivity index (χ1n) is 11.4. The minimum Gasteiger partial charge on any atom is -0.493 e. The number of imidazole rings is 1. The Morgan fingerprint density at radius 2 is 2.09 bits per heavy atom. The lowest BCUT2D eigenvalue weighted by molar-refractivity contribution is 0.0365. The molecule has 1 aliphatic carbocycles. The molecular weight excluding hydrogens is 423 g/mol. The summed E-state index contributed by atoms with van der Waals surface area (Å²) < 4.78 is 29.1. The van der Waals surface area contributed by atoms with Crippen LogP contribution in [0, 0.1) is 0 Å². The first-order chi connectivity index (χ1) is 16.1. The molecule has 2 aliphatic rings. The number of rotatable bonds is 5. The molecule has 0 saturated heterocycles. The number of aromatic amines is 1. The van der Waals surface area contributed by atoms with Gasteiger partial charge in [0.25, 0.3) is 0 Å². The fourth-order valence-electron chi connectivity index (χ4n) is 4.90. The van der Waals surface area contributed by atoms with E-state index >= 15 is 4.39 Å². The highest BCUT2D eigenvalue weighted by molar-refractivity contribution is 5.77. The molecule has 0 radical (unpaired) electrons. The van der Waals surface area contributed by atoms with Gasteiger partial charge in [-0.2, -0.15) is 5.21 Å². The molecule has 6 rings (SSSR count). The van der Waals surface area contributed by atoms with E-state index in [1.807, 2.05) is 25.2 Å². The van der Waals surface area contributed by atoms with E-state index in [1.54, 1.807) is 0 Å². The molecule has 4 aromatic rings. The number of nitrogens with one attached hydrogen (secondary N) is 1. The summed E-state index contributed by atoms with van der Waals surface area (Å²) in [5, 5.41) is 13.5. The van der Waals surface area contributed by atoms with Gasteiger partial charge in [-0.3, -0.25) is 0 Å². The van der Waals surface area contributed by atoms with Crippen molar-refractivity contribution >= 4 is 11.0 Å². The van der Waals surface area contributed by atoms with Crippen LogP contribution in [0.15, 0.2) is 36.4 Å². The molecule has 0 atom stereocenters. The molecule has 1 N–H and O–H groups in total. The number of hydrogen-bond donors (Lipinski definition) is 1. The average molecular weight is 449 g/mol. The standard InChI is InChI=1S/C24H25FN6O2/c1-31-20-5-4-18(33-17-6-9-24(25,10-7-17)23-27-29-30-28-23)14-19(20)26-22(31)13-15-2-3-16-8-11-32-21(16)12-15/h2-5,12,14,17H,6-11,13H2,1H3,(H,27,28,29,30). The number of alkyl halides is 1. The van der Waals surface area contributed by atoms with Crippen molar-refractivity contribution in [2.75, 3.05) is 6.61 Å². The van der Waals surface area contributed by atoms with Gasteiger partial charge in [0.1, 0.15) is 17.3 Å². The van der Waals surface area contributed by atoms with Gasteiger partial charge in [-0.1, -0.05) is 17.3 Å². The van der Waals surface area contributed by atoms with Crippen LogP contribution in [-0.2, 0) is 25.6 Å². The highest BCUT2D eigenvalue weighted by Crippen LogP contribution is 2.40. The van der Waals surface area contributed by atoms with Crippen LogP contribution in [0.25, 0.3) is 11.0 Å². The lowest BCUT2D eigenvalue weighted by Crippen LogP contribution is -2.33.